The molecule has 1 unspecified atom stereocenters. The fourth-order valence-electron chi connectivity index (χ4n) is 2.40. The highest BCUT2D eigenvalue weighted by Gasteiger charge is 2.20. The van der Waals surface area contributed by atoms with E-state index in [2.05, 4.69) is 81.8 Å². The molecule has 100 valence electrons. The third-order valence-electron chi connectivity index (χ3n) is 3.29. The summed E-state index contributed by atoms with van der Waals surface area (Å²) in [7, 11) is -2.31. The number of benzene rings is 1. The zero-order valence-corrected chi connectivity index (χ0v) is 14.8. The molecule has 0 heterocycles. The van der Waals surface area contributed by atoms with Gasteiger partial charge in [-0.05, 0) is 5.92 Å². The summed E-state index contributed by atoms with van der Waals surface area (Å²) < 4.78 is 0. The van der Waals surface area contributed by atoms with Gasteiger partial charge in [0.25, 0.3) is 0 Å². The van der Waals surface area contributed by atoms with Crippen molar-refractivity contribution in [3.63, 3.8) is 0 Å². The first-order valence-electron chi connectivity index (χ1n) is 6.96. The lowest BCUT2D eigenvalue weighted by atomic mass is 10.2. The van der Waals surface area contributed by atoms with Crippen molar-refractivity contribution in [1.29, 1.82) is 0 Å². The lowest BCUT2D eigenvalue weighted by molar-refractivity contribution is 0.811. The van der Waals surface area contributed by atoms with Gasteiger partial charge in [-0.3, -0.25) is 0 Å². The molecule has 0 saturated heterocycles. The Labute approximate surface area is 115 Å². The predicted molar refractivity (Wildman–Crippen MR) is 90.0 cm³/mol. The largest absolute Gasteiger partial charge is 0.103 e. The molecule has 0 amide bonds. The molecule has 0 spiro atoms. The maximum absolute atomic E-state index is 2.52. The van der Waals surface area contributed by atoms with Crippen molar-refractivity contribution in [2.24, 2.45) is 5.92 Å². The van der Waals surface area contributed by atoms with Crippen molar-refractivity contribution < 1.29 is 0 Å². The van der Waals surface area contributed by atoms with Crippen molar-refractivity contribution in [2.45, 2.75) is 45.7 Å². The molecule has 0 aromatic heterocycles. The van der Waals surface area contributed by atoms with E-state index in [4.69, 9.17) is 0 Å². The summed E-state index contributed by atoms with van der Waals surface area (Å²) in [5.41, 5.74) is 2.52. The Morgan fingerprint density at radius 2 is 1.56 bits per heavy atom. The Hall–Kier alpha value is -0.606. The van der Waals surface area contributed by atoms with Crippen molar-refractivity contribution in [2.75, 3.05) is 0 Å². The average Bonchev–Trinajstić information content (AvgIpc) is 2.26. The van der Waals surface area contributed by atoms with Gasteiger partial charge in [-0.15, -0.1) is 0 Å². The molecule has 0 N–H and O–H groups in total. The van der Waals surface area contributed by atoms with Crippen LogP contribution >= 0.6 is 0 Å². The highest BCUT2D eigenvalue weighted by atomic mass is 28.3. The molecule has 0 aliphatic rings. The van der Waals surface area contributed by atoms with Crippen LogP contribution in [0.2, 0.25) is 38.8 Å². The summed E-state index contributed by atoms with van der Waals surface area (Å²) in [6.45, 7) is 14.6. The van der Waals surface area contributed by atoms with E-state index in [-0.39, 0.29) is 0 Å². The van der Waals surface area contributed by atoms with Gasteiger partial charge in [-0.1, -0.05) is 93.0 Å². The summed E-state index contributed by atoms with van der Waals surface area (Å²) in [6.07, 6.45) is 2.47. The van der Waals surface area contributed by atoms with Gasteiger partial charge in [0.15, 0.2) is 0 Å². The van der Waals surface area contributed by atoms with Crippen LogP contribution in [0, 0.1) is 5.92 Å². The molecule has 18 heavy (non-hydrogen) atoms. The summed E-state index contributed by atoms with van der Waals surface area (Å²) in [6, 6.07) is 12.4. The van der Waals surface area contributed by atoms with Crippen molar-refractivity contribution >= 4 is 21.3 Å². The number of hydrogen-bond donors (Lipinski definition) is 0. The van der Waals surface area contributed by atoms with Gasteiger partial charge in [0.2, 0.25) is 0 Å². The molecule has 1 aromatic carbocycles. The molecular formula is C16H28Si2. The normalized spacial score (nSPS) is 15.0. The number of rotatable bonds is 5. The van der Waals surface area contributed by atoms with Crippen LogP contribution in [-0.4, -0.2) is 16.1 Å². The molecule has 0 nitrogen and oxygen atoms in total. The van der Waals surface area contributed by atoms with Crippen molar-refractivity contribution in [1.82, 2.24) is 0 Å². The van der Waals surface area contributed by atoms with E-state index in [1.54, 1.807) is 0 Å². The van der Waals surface area contributed by atoms with Crippen molar-refractivity contribution in [3.05, 3.63) is 42.1 Å². The zero-order chi connectivity index (χ0) is 13.8. The minimum Gasteiger partial charge on any atom is -0.0940 e. The maximum atomic E-state index is 2.52. The molecule has 1 aromatic rings. The summed E-state index contributed by atoms with van der Waals surface area (Å²) in [5.74, 6) is 0.729. The topological polar surface area (TPSA) is 0 Å². The van der Waals surface area contributed by atoms with Crippen LogP contribution in [0.3, 0.4) is 0 Å². The van der Waals surface area contributed by atoms with Gasteiger partial charge in [0.1, 0.15) is 8.07 Å². The van der Waals surface area contributed by atoms with Gasteiger partial charge in [-0.25, -0.2) is 0 Å². The molecule has 2 heteroatoms. The van der Waals surface area contributed by atoms with Crippen molar-refractivity contribution in [3.8, 4) is 0 Å². The highest BCUT2D eigenvalue weighted by Crippen LogP contribution is 2.18. The standard InChI is InChI=1S/C16H28Si2/c1-15(14-17(2,3)4)12-13-18(5,6)16-10-8-7-9-11-16/h7-13,15H,14H2,1-6H3/b13-12+. The Balaban J connectivity index is 2.71. The van der Waals surface area contributed by atoms with Crippen LogP contribution in [-0.2, 0) is 0 Å². The van der Waals surface area contributed by atoms with Crippen LogP contribution in [0.25, 0.3) is 0 Å². The smallest absolute Gasteiger partial charge is 0.0940 e. The van der Waals surface area contributed by atoms with E-state index in [0.29, 0.717) is 0 Å². The second kappa shape index (κ2) is 6.02. The predicted octanol–water partition coefficient (Wildman–Crippen LogP) is 4.67. The Bertz CT molecular complexity index is 385. The van der Waals surface area contributed by atoms with E-state index in [1.165, 1.54) is 11.2 Å². The monoisotopic (exact) mass is 276 g/mol. The molecule has 1 atom stereocenters. The Morgan fingerprint density at radius 3 is 2.06 bits per heavy atom. The van der Waals surface area contributed by atoms with Gasteiger partial charge >= 0.3 is 0 Å². The molecule has 0 bridgehead atoms. The first-order valence-corrected chi connectivity index (χ1v) is 13.7. The van der Waals surface area contributed by atoms with Crippen LogP contribution in [0.5, 0.6) is 0 Å². The van der Waals surface area contributed by atoms with Crippen LogP contribution in [0.15, 0.2) is 42.1 Å². The van der Waals surface area contributed by atoms with Gasteiger partial charge in [0, 0.05) is 8.07 Å². The SMILES string of the molecule is CC(/C=C/[Si](C)(C)c1ccccc1)C[Si](C)(C)C. The fraction of sp³-hybridized carbons (Fsp3) is 0.500. The first kappa shape index (κ1) is 15.5. The minimum absolute atomic E-state index is 0.729. The van der Waals surface area contributed by atoms with E-state index in [0.717, 1.165) is 5.92 Å². The summed E-state index contributed by atoms with van der Waals surface area (Å²) >= 11 is 0. The fourth-order valence-corrected chi connectivity index (χ4v) is 6.52. The second-order valence-electron chi connectivity index (χ2n) is 7.19. The molecule has 1 rings (SSSR count). The summed E-state index contributed by atoms with van der Waals surface area (Å²) in [4.78, 5) is 0. The van der Waals surface area contributed by atoms with E-state index >= 15 is 0 Å². The second-order valence-corrected chi connectivity index (χ2v) is 17.1. The Morgan fingerprint density at radius 1 is 1.00 bits per heavy atom. The Kier molecular flexibility index (Phi) is 5.17. The molecule has 0 saturated carbocycles. The highest BCUT2D eigenvalue weighted by molar-refractivity contribution is 6.93. The lowest BCUT2D eigenvalue weighted by Crippen LogP contribution is -2.39. The first-order chi connectivity index (χ1) is 8.21. The zero-order valence-electron chi connectivity index (χ0n) is 12.8. The summed E-state index contributed by atoms with van der Waals surface area (Å²) in [5, 5.41) is 1.53. The van der Waals surface area contributed by atoms with Crippen LogP contribution in [0.1, 0.15) is 6.92 Å². The average molecular weight is 277 g/mol. The third-order valence-corrected chi connectivity index (χ3v) is 8.01. The van der Waals surface area contributed by atoms with E-state index in [9.17, 15) is 0 Å². The molecule has 0 aliphatic heterocycles. The number of allylic oxidation sites excluding steroid dienone is 1. The van der Waals surface area contributed by atoms with Gasteiger partial charge in [-0.2, -0.15) is 0 Å². The van der Waals surface area contributed by atoms with E-state index in [1.807, 2.05) is 0 Å². The maximum Gasteiger partial charge on any atom is 0.103 e. The van der Waals surface area contributed by atoms with Crippen LogP contribution < -0.4 is 5.19 Å². The van der Waals surface area contributed by atoms with Gasteiger partial charge in [0.05, 0.1) is 0 Å². The molecule has 0 aliphatic carbocycles. The molecule has 0 fully saturated rings. The lowest BCUT2D eigenvalue weighted by Gasteiger charge is -2.22. The quantitative estimate of drug-likeness (QED) is 0.686. The minimum atomic E-state index is -1.38. The molecule has 0 radical (unpaired) electrons. The molecular weight excluding hydrogens is 248 g/mol. The van der Waals surface area contributed by atoms with E-state index < -0.39 is 16.1 Å². The number of hydrogen-bond acceptors (Lipinski definition) is 0. The van der Waals surface area contributed by atoms with Crippen LogP contribution in [0.4, 0.5) is 0 Å². The third kappa shape index (κ3) is 5.36. The van der Waals surface area contributed by atoms with Gasteiger partial charge < -0.3 is 0 Å².